The minimum Gasteiger partial charge on any atom is -0.380 e. The van der Waals surface area contributed by atoms with Crippen LogP contribution in [-0.2, 0) is 4.74 Å². The summed E-state index contributed by atoms with van der Waals surface area (Å²) in [6, 6.07) is 3.23. The standard InChI is InChI=1S/C14H20F2N2O/c1-19-11-3-2-6-18(9-11)14(8-17)12-7-10(15)4-5-13(12)16/h4-5,7,11,14H,2-3,6,8-9,17H2,1H3. The van der Waals surface area contributed by atoms with E-state index in [2.05, 4.69) is 4.90 Å². The largest absolute Gasteiger partial charge is 0.380 e. The quantitative estimate of drug-likeness (QED) is 0.910. The van der Waals surface area contributed by atoms with Crippen molar-refractivity contribution < 1.29 is 13.5 Å². The summed E-state index contributed by atoms with van der Waals surface area (Å²) in [5.41, 5.74) is 6.10. The van der Waals surface area contributed by atoms with Crippen molar-refractivity contribution in [3.05, 3.63) is 35.4 Å². The summed E-state index contributed by atoms with van der Waals surface area (Å²) in [6.07, 6.45) is 2.11. The third kappa shape index (κ3) is 3.29. The van der Waals surface area contributed by atoms with Crippen LogP contribution in [0.1, 0.15) is 24.4 Å². The van der Waals surface area contributed by atoms with Gasteiger partial charge in [-0.2, -0.15) is 0 Å². The Morgan fingerprint density at radius 3 is 2.95 bits per heavy atom. The minimum absolute atomic E-state index is 0.138. The number of nitrogens with zero attached hydrogens (tertiary/aromatic N) is 1. The second-order valence-corrected chi connectivity index (χ2v) is 4.91. The van der Waals surface area contributed by atoms with E-state index in [0.717, 1.165) is 31.5 Å². The zero-order valence-corrected chi connectivity index (χ0v) is 11.1. The van der Waals surface area contributed by atoms with E-state index in [-0.39, 0.29) is 18.7 Å². The highest BCUT2D eigenvalue weighted by molar-refractivity contribution is 5.23. The molecule has 1 aliphatic rings. The van der Waals surface area contributed by atoms with Gasteiger partial charge in [0.15, 0.2) is 0 Å². The minimum atomic E-state index is -0.435. The SMILES string of the molecule is COC1CCCN(C(CN)c2cc(F)ccc2F)C1. The Morgan fingerprint density at radius 1 is 1.47 bits per heavy atom. The number of methoxy groups -OCH3 is 1. The smallest absolute Gasteiger partial charge is 0.128 e. The van der Waals surface area contributed by atoms with Gasteiger partial charge in [-0.1, -0.05) is 0 Å². The van der Waals surface area contributed by atoms with Crippen LogP contribution in [0.2, 0.25) is 0 Å². The molecule has 19 heavy (non-hydrogen) atoms. The number of rotatable bonds is 4. The van der Waals surface area contributed by atoms with Gasteiger partial charge in [-0.05, 0) is 37.6 Å². The maximum atomic E-state index is 13.9. The summed E-state index contributed by atoms with van der Waals surface area (Å²) < 4.78 is 32.5. The van der Waals surface area contributed by atoms with E-state index in [1.165, 1.54) is 6.07 Å². The van der Waals surface area contributed by atoms with Gasteiger partial charge in [0.05, 0.1) is 12.1 Å². The molecule has 0 saturated carbocycles. The lowest BCUT2D eigenvalue weighted by Gasteiger charge is -2.37. The third-order valence-electron chi connectivity index (χ3n) is 3.72. The molecule has 2 rings (SSSR count). The molecule has 3 nitrogen and oxygen atoms in total. The first-order valence-electron chi connectivity index (χ1n) is 6.57. The first kappa shape index (κ1) is 14.4. The molecule has 2 atom stereocenters. The van der Waals surface area contributed by atoms with Crippen molar-refractivity contribution in [3.63, 3.8) is 0 Å². The van der Waals surface area contributed by atoms with Crippen LogP contribution in [0.5, 0.6) is 0 Å². The lowest BCUT2D eigenvalue weighted by molar-refractivity contribution is 0.0149. The number of hydrogen-bond acceptors (Lipinski definition) is 3. The van der Waals surface area contributed by atoms with Crippen molar-refractivity contribution in [2.45, 2.75) is 25.0 Å². The Bertz CT molecular complexity index is 428. The molecule has 0 bridgehead atoms. The van der Waals surface area contributed by atoms with E-state index in [4.69, 9.17) is 10.5 Å². The highest BCUT2D eigenvalue weighted by Crippen LogP contribution is 2.27. The molecule has 1 saturated heterocycles. The van der Waals surface area contributed by atoms with Crippen LogP contribution in [0.15, 0.2) is 18.2 Å². The molecule has 2 N–H and O–H groups in total. The van der Waals surface area contributed by atoms with Gasteiger partial charge in [0.2, 0.25) is 0 Å². The van der Waals surface area contributed by atoms with Crippen LogP contribution in [0, 0.1) is 11.6 Å². The predicted octanol–water partition coefficient (Wildman–Crippen LogP) is 2.08. The monoisotopic (exact) mass is 270 g/mol. The average molecular weight is 270 g/mol. The van der Waals surface area contributed by atoms with E-state index in [9.17, 15) is 8.78 Å². The van der Waals surface area contributed by atoms with Crippen LogP contribution in [0.4, 0.5) is 8.78 Å². The molecule has 5 heteroatoms. The lowest BCUT2D eigenvalue weighted by Crippen LogP contribution is -2.44. The second-order valence-electron chi connectivity index (χ2n) is 4.91. The second kappa shape index (κ2) is 6.41. The molecule has 0 aromatic heterocycles. The van der Waals surface area contributed by atoms with Crippen molar-refractivity contribution in [1.29, 1.82) is 0 Å². The first-order chi connectivity index (χ1) is 9.15. The van der Waals surface area contributed by atoms with Crippen LogP contribution in [0.3, 0.4) is 0 Å². The fraction of sp³-hybridized carbons (Fsp3) is 0.571. The molecule has 0 radical (unpaired) electrons. The molecule has 106 valence electrons. The molecule has 0 amide bonds. The van der Waals surface area contributed by atoms with E-state index in [0.29, 0.717) is 12.1 Å². The van der Waals surface area contributed by atoms with Gasteiger partial charge in [0.1, 0.15) is 11.6 Å². The van der Waals surface area contributed by atoms with Gasteiger partial charge in [0, 0.05) is 25.8 Å². The summed E-state index contributed by atoms with van der Waals surface area (Å²) in [5, 5.41) is 0. The lowest BCUT2D eigenvalue weighted by atomic mass is 10.00. The number of hydrogen-bond donors (Lipinski definition) is 1. The van der Waals surface area contributed by atoms with Gasteiger partial charge in [-0.3, -0.25) is 4.90 Å². The van der Waals surface area contributed by atoms with Crippen LogP contribution >= 0.6 is 0 Å². The summed E-state index contributed by atoms with van der Waals surface area (Å²) >= 11 is 0. The highest BCUT2D eigenvalue weighted by atomic mass is 19.1. The summed E-state index contributed by atoms with van der Waals surface area (Å²) in [4.78, 5) is 2.08. The maximum absolute atomic E-state index is 13.9. The van der Waals surface area contributed by atoms with Gasteiger partial charge in [-0.25, -0.2) is 8.78 Å². The van der Waals surface area contributed by atoms with Crippen molar-refractivity contribution in [2.24, 2.45) is 5.73 Å². The van der Waals surface area contributed by atoms with Crippen LogP contribution in [-0.4, -0.2) is 37.7 Å². The number of piperidine rings is 1. The number of ether oxygens (including phenoxy) is 1. The Morgan fingerprint density at radius 2 is 2.26 bits per heavy atom. The van der Waals surface area contributed by atoms with E-state index in [1.54, 1.807) is 7.11 Å². The molecular weight excluding hydrogens is 250 g/mol. The average Bonchev–Trinajstić information content (AvgIpc) is 2.44. The summed E-state index contributed by atoms with van der Waals surface area (Å²) in [5.74, 6) is -0.841. The van der Waals surface area contributed by atoms with E-state index < -0.39 is 11.6 Å². The van der Waals surface area contributed by atoms with E-state index >= 15 is 0 Å². The number of halogens is 2. The van der Waals surface area contributed by atoms with Gasteiger partial charge >= 0.3 is 0 Å². The van der Waals surface area contributed by atoms with Crippen molar-refractivity contribution in [3.8, 4) is 0 Å². The van der Waals surface area contributed by atoms with Gasteiger partial charge < -0.3 is 10.5 Å². The molecule has 0 spiro atoms. The highest BCUT2D eigenvalue weighted by Gasteiger charge is 2.27. The first-order valence-corrected chi connectivity index (χ1v) is 6.57. The zero-order valence-electron chi connectivity index (χ0n) is 11.1. The Balaban J connectivity index is 2.21. The number of nitrogens with two attached hydrogens (primary N) is 1. The molecule has 0 aliphatic carbocycles. The van der Waals surface area contributed by atoms with Crippen molar-refractivity contribution in [1.82, 2.24) is 4.90 Å². The molecule has 1 aromatic rings. The molecule has 1 aromatic carbocycles. The van der Waals surface area contributed by atoms with Crippen molar-refractivity contribution in [2.75, 3.05) is 26.7 Å². The van der Waals surface area contributed by atoms with Crippen LogP contribution in [0.25, 0.3) is 0 Å². The van der Waals surface area contributed by atoms with Gasteiger partial charge in [0.25, 0.3) is 0 Å². The van der Waals surface area contributed by atoms with E-state index in [1.807, 2.05) is 0 Å². The Labute approximate surface area is 112 Å². The molecule has 1 heterocycles. The molecule has 2 unspecified atom stereocenters. The maximum Gasteiger partial charge on any atom is 0.128 e. The number of likely N-dealkylation sites (tertiary alicyclic amines) is 1. The topological polar surface area (TPSA) is 38.5 Å². The summed E-state index contributed by atoms with van der Waals surface area (Å²) in [7, 11) is 1.67. The number of benzene rings is 1. The molecule has 1 fully saturated rings. The zero-order chi connectivity index (χ0) is 13.8. The fourth-order valence-electron chi connectivity index (χ4n) is 2.68. The Hall–Kier alpha value is -1.04. The predicted molar refractivity (Wildman–Crippen MR) is 69.8 cm³/mol. The third-order valence-corrected chi connectivity index (χ3v) is 3.72. The van der Waals surface area contributed by atoms with Gasteiger partial charge in [-0.15, -0.1) is 0 Å². The summed E-state index contributed by atoms with van der Waals surface area (Å²) in [6.45, 7) is 1.79. The molecular formula is C14H20F2N2O. The molecule has 1 aliphatic heterocycles. The fourth-order valence-corrected chi connectivity index (χ4v) is 2.68. The normalized spacial score (nSPS) is 22.4. The van der Waals surface area contributed by atoms with Crippen LogP contribution < -0.4 is 5.73 Å². The van der Waals surface area contributed by atoms with Crippen molar-refractivity contribution >= 4 is 0 Å². The Kier molecular flexibility index (Phi) is 4.85.